The Morgan fingerprint density at radius 3 is 2.72 bits per heavy atom. The van der Waals surface area contributed by atoms with Crippen molar-refractivity contribution >= 4 is 23.3 Å². The molecule has 0 fully saturated rings. The van der Waals surface area contributed by atoms with Crippen LogP contribution < -0.4 is 4.90 Å². The Morgan fingerprint density at radius 1 is 1.50 bits per heavy atom. The average Bonchev–Trinajstić information content (AvgIpc) is 2.31. The van der Waals surface area contributed by atoms with E-state index in [1.165, 1.54) is 4.90 Å². The number of likely N-dealkylation sites (N-methyl/N-ethyl adjacent to an activating group) is 1. The van der Waals surface area contributed by atoms with Crippen LogP contribution in [0.15, 0.2) is 6.20 Å². The summed E-state index contributed by atoms with van der Waals surface area (Å²) in [7, 11) is 3.30. The molecule has 1 aromatic rings. The molecule has 0 aliphatic carbocycles. The van der Waals surface area contributed by atoms with E-state index in [-0.39, 0.29) is 23.6 Å². The van der Waals surface area contributed by atoms with Gasteiger partial charge in [-0.2, -0.15) is 4.98 Å². The standard InChI is InChI=1S/C11H16ClFN4O/c1-4-5-17(7-9(18)16(2)3)10-8(13)6-14-11(12)15-10/h6H,4-5,7H2,1-3H3. The first-order valence-electron chi connectivity index (χ1n) is 5.58. The number of hydrogen-bond acceptors (Lipinski definition) is 4. The molecule has 7 heteroatoms. The van der Waals surface area contributed by atoms with E-state index in [1.807, 2.05) is 6.92 Å². The lowest BCUT2D eigenvalue weighted by Gasteiger charge is -2.24. The summed E-state index contributed by atoms with van der Waals surface area (Å²) in [4.78, 5) is 22.1. The Morgan fingerprint density at radius 2 is 2.17 bits per heavy atom. The second-order valence-corrected chi connectivity index (χ2v) is 4.36. The van der Waals surface area contributed by atoms with Crippen LogP contribution in [0.5, 0.6) is 0 Å². The van der Waals surface area contributed by atoms with E-state index in [0.717, 1.165) is 12.6 Å². The minimum atomic E-state index is -0.584. The van der Waals surface area contributed by atoms with Crippen molar-refractivity contribution in [1.29, 1.82) is 0 Å². The quantitative estimate of drug-likeness (QED) is 0.765. The molecule has 0 atom stereocenters. The van der Waals surface area contributed by atoms with Gasteiger partial charge in [0.25, 0.3) is 0 Å². The molecule has 0 spiro atoms. The van der Waals surface area contributed by atoms with E-state index in [0.29, 0.717) is 6.54 Å². The lowest BCUT2D eigenvalue weighted by Crippen LogP contribution is -2.38. The molecule has 18 heavy (non-hydrogen) atoms. The first kappa shape index (κ1) is 14.6. The van der Waals surface area contributed by atoms with Crippen LogP contribution in [0, 0.1) is 5.82 Å². The Labute approximate surface area is 111 Å². The van der Waals surface area contributed by atoms with Crippen molar-refractivity contribution in [3.63, 3.8) is 0 Å². The highest BCUT2D eigenvalue weighted by molar-refractivity contribution is 6.28. The summed E-state index contributed by atoms with van der Waals surface area (Å²) in [6.45, 7) is 2.52. The summed E-state index contributed by atoms with van der Waals surface area (Å²) in [6, 6.07) is 0. The number of halogens is 2. The second kappa shape index (κ2) is 6.49. The monoisotopic (exact) mass is 274 g/mol. The molecule has 0 aliphatic heterocycles. The van der Waals surface area contributed by atoms with Crippen molar-refractivity contribution < 1.29 is 9.18 Å². The Balaban J connectivity index is 2.96. The molecule has 0 bridgehead atoms. The van der Waals surface area contributed by atoms with Gasteiger partial charge in [0.1, 0.15) is 0 Å². The number of carbonyl (C=O) groups excluding carboxylic acids is 1. The molecule has 1 rings (SSSR count). The van der Waals surface area contributed by atoms with E-state index >= 15 is 0 Å². The van der Waals surface area contributed by atoms with Gasteiger partial charge in [-0.15, -0.1) is 0 Å². The number of amides is 1. The lowest BCUT2D eigenvalue weighted by molar-refractivity contribution is -0.127. The average molecular weight is 275 g/mol. The van der Waals surface area contributed by atoms with Gasteiger partial charge in [-0.1, -0.05) is 6.92 Å². The normalized spacial score (nSPS) is 10.3. The summed E-state index contributed by atoms with van der Waals surface area (Å²) in [5, 5.41) is -0.0372. The smallest absolute Gasteiger partial charge is 0.241 e. The number of carbonyl (C=O) groups is 1. The van der Waals surface area contributed by atoms with Gasteiger partial charge in [0.05, 0.1) is 12.7 Å². The molecule has 5 nitrogen and oxygen atoms in total. The molecule has 100 valence electrons. The van der Waals surface area contributed by atoms with Crippen molar-refractivity contribution in [1.82, 2.24) is 14.9 Å². The minimum Gasteiger partial charge on any atom is -0.347 e. The van der Waals surface area contributed by atoms with Crippen LogP contribution in [-0.4, -0.2) is 48.0 Å². The minimum absolute atomic E-state index is 0.0372. The number of anilines is 1. The Bertz CT molecular complexity index is 428. The molecule has 0 saturated carbocycles. The summed E-state index contributed by atoms with van der Waals surface area (Å²) in [6.07, 6.45) is 1.77. The van der Waals surface area contributed by atoms with E-state index < -0.39 is 5.82 Å². The number of hydrogen-bond donors (Lipinski definition) is 0. The maximum atomic E-state index is 13.6. The zero-order valence-electron chi connectivity index (χ0n) is 10.7. The SMILES string of the molecule is CCCN(CC(=O)N(C)C)c1nc(Cl)ncc1F. The molecule has 1 amide bonds. The van der Waals surface area contributed by atoms with E-state index in [2.05, 4.69) is 9.97 Å². The van der Waals surface area contributed by atoms with Gasteiger partial charge < -0.3 is 9.80 Å². The van der Waals surface area contributed by atoms with Crippen LogP contribution in [0.25, 0.3) is 0 Å². The molecule has 0 radical (unpaired) electrons. The van der Waals surface area contributed by atoms with Crippen molar-refractivity contribution in [3.8, 4) is 0 Å². The van der Waals surface area contributed by atoms with Gasteiger partial charge in [0, 0.05) is 20.6 Å². The van der Waals surface area contributed by atoms with Crippen molar-refractivity contribution in [2.45, 2.75) is 13.3 Å². The third kappa shape index (κ3) is 3.80. The summed E-state index contributed by atoms with van der Waals surface area (Å²) in [5.41, 5.74) is 0. The van der Waals surface area contributed by atoms with Crippen LogP contribution in [0.2, 0.25) is 5.28 Å². The summed E-state index contributed by atoms with van der Waals surface area (Å²) >= 11 is 5.65. The maximum Gasteiger partial charge on any atom is 0.241 e. The number of rotatable bonds is 5. The summed E-state index contributed by atoms with van der Waals surface area (Å²) < 4.78 is 13.6. The van der Waals surface area contributed by atoms with Gasteiger partial charge in [-0.25, -0.2) is 9.37 Å². The maximum absolute atomic E-state index is 13.6. The molecular weight excluding hydrogens is 259 g/mol. The fraction of sp³-hybridized carbons (Fsp3) is 0.545. The van der Waals surface area contributed by atoms with E-state index in [9.17, 15) is 9.18 Å². The largest absolute Gasteiger partial charge is 0.347 e. The van der Waals surface area contributed by atoms with Gasteiger partial charge in [-0.05, 0) is 18.0 Å². The molecule has 0 aromatic carbocycles. The Kier molecular flexibility index (Phi) is 5.27. The van der Waals surface area contributed by atoms with Crippen LogP contribution in [0.4, 0.5) is 10.2 Å². The highest BCUT2D eigenvalue weighted by atomic mass is 35.5. The summed E-state index contributed by atoms with van der Waals surface area (Å²) in [5.74, 6) is -0.649. The van der Waals surface area contributed by atoms with E-state index in [4.69, 9.17) is 11.6 Å². The number of aromatic nitrogens is 2. The molecule has 0 N–H and O–H groups in total. The molecule has 1 aromatic heterocycles. The van der Waals surface area contributed by atoms with Crippen molar-refractivity contribution in [3.05, 3.63) is 17.3 Å². The van der Waals surface area contributed by atoms with Crippen LogP contribution >= 0.6 is 11.6 Å². The highest BCUT2D eigenvalue weighted by Crippen LogP contribution is 2.17. The predicted molar refractivity (Wildman–Crippen MR) is 68.2 cm³/mol. The van der Waals surface area contributed by atoms with Gasteiger partial charge in [0.2, 0.25) is 11.2 Å². The van der Waals surface area contributed by atoms with Crippen molar-refractivity contribution in [2.24, 2.45) is 0 Å². The van der Waals surface area contributed by atoms with Gasteiger partial charge in [-0.3, -0.25) is 4.79 Å². The fourth-order valence-corrected chi connectivity index (χ4v) is 1.52. The third-order valence-electron chi connectivity index (χ3n) is 2.31. The molecular formula is C11H16ClFN4O. The zero-order valence-corrected chi connectivity index (χ0v) is 11.4. The van der Waals surface area contributed by atoms with Crippen LogP contribution in [0.1, 0.15) is 13.3 Å². The number of nitrogens with zero attached hydrogens (tertiary/aromatic N) is 4. The van der Waals surface area contributed by atoms with Gasteiger partial charge >= 0.3 is 0 Å². The molecule has 0 saturated heterocycles. The molecule has 0 unspecified atom stereocenters. The third-order valence-corrected chi connectivity index (χ3v) is 2.50. The zero-order chi connectivity index (χ0) is 13.7. The molecule has 1 heterocycles. The topological polar surface area (TPSA) is 49.3 Å². The lowest BCUT2D eigenvalue weighted by atomic mass is 10.3. The predicted octanol–water partition coefficient (Wildman–Crippen LogP) is 1.57. The second-order valence-electron chi connectivity index (χ2n) is 4.02. The van der Waals surface area contributed by atoms with Crippen LogP contribution in [0.3, 0.4) is 0 Å². The first-order valence-corrected chi connectivity index (χ1v) is 5.96. The fourth-order valence-electron chi connectivity index (χ4n) is 1.39. The Hall–Kier alpha value is -1.43. The molecule has 0 aliphatic rings. The van der Waals surface area contributed by atoms with E-state index in [1.54, 1.807) is 19.0 Å². The van der Waals surface area contributed by atoms with Crippen LogP contribution in [-0.2, 0) is 4.79 Å². The van der Waals surface area contributed by atoms with Gasteiger partial charge in [0.15, 0.2) is 11.6 Å². The first-order chi connectivity index (χ1) is 8.45. The van der Waals surface area contributed by atoms with Crippen molar-refractivity contribution in [2.75, 3.05) is 32.1 Å². The highest BCUT2D eigenvalue weighted by Gasteiger charge is 2.18.